The SMILES string of the molecule is O=C(COc1ccc2ccc(=O)oc2c1)N[C@@H]1CCCc2ccccc21. The molecule has 1 amide bonds. The summed E-state index contributed by atoms with van der Waals surface area (Å²) in [5.74, 6) is 0.326. The molecule has 0 saturated carbocycles. The van der Waals surface area contributed by atoms with Gasteiger partial charge in [-0.3, -0.25) is 4.79 Å². The van der Waals surface area contributed by atoms with E-state index in [0.717, 1.165) is 24.6 Å². The number of nitrogens with one attached hydrogen (secondary N) is 1. The van der Waals surface area contributed by atoms with Crippen LogP contribution in [0.2, 0.25) is 0 Å². The van der Waals surface area contributed by atoms with Gasteiger partial charge in [-0.25, -0.2) is 4.79 Å². The molecule has 1 atom stereocenters. The summed E-state index contributed by atoms with van der Waals surface area (Å²) in [5, 5.41) is 3.86. The minimum atomic E-state index is -0.414. The molecule has 0 aliphatic heterocycles. The summed E-state index contributed by atoms with van der Waals surface area (Å²) < 4.78 is 10.7. The van der Waals surface area contributed by atoms with Crippen molar-refractivity contribution in [3.8, 4) is 5.75 Å². The zero-order valence-electron chi connectivity index (χ0n) is 14.2. The zero-order chi connectivity index (χ0) is 17.9. The van der Waals surface area contributed by atoms with Gasteiger partial charge >= 0.3 is 5.63 Å². The van der Waals surface area contributed by atoms with Crippen LogP contribution in [0.4, 0.5) is 0 Å². The molecule has 4 rings (SSSR count). The molecule has 5 nitrogen and oxygen atoms in total. The molecule has 5 heteroatoms. The Hall–Kier alpha value is -3.08. The third-order valence-electron chi connectivity index (χ3n) is 4.67. The Morgan fingerprint density at radius 1 is 1.15 bits per heavy atom. The van der Waals surface area contributed by atoms with Crippen molar-refractivity contribution in [1.82, 2.24) is 5.32 Å². The molecular weight excluding hydrogens is 330 g/mol. The summed E-state index contributed by atoms with van der Waals surface area (Å²) in [6.45, 7) is -0.0821. The first-order valence-corrected chi connectivity index (χ1v) is 8.73. The summed E-state index contributed by atoms with van der Waals surface area (Å²) in [4.78, 5) is 23.6. The fourth-order valence-corrected chi connectivity index (χ4v) is 3.42. The lowest BCUT2D eigenvalue weighted by molar-refractivity contribution is -0.123. The predicted octanol–water partition coefficient (Wildman–Crippen LogP) is 3.37. The molecule has 1 aliphatic carbocycles. The van der Waals surface area contributed by atoms with E-state index in [2.05, 4.69) is 17.4 Å². The van der Waals surface area contributed by atoms with Crippen LogP contribution >= 0.6 is 0 Å². The summed E-state index contributed by atoms with van der Waals surface area (Å²) in [6.07, 6.45) is 3.05. The van der Waals surface area contributed by atoms with Crippen molar-refractivity contribution < 1.29 is 13.9 Å². The van der Waals surface area contributed by atoms with Gasteiger partial charge in [-0.2, -0.15) is 0 Å². The summed E-state index contributed by atoms with van der Waals surface area (Å²) in [7, 11) is 0. The highest BCUT2D eigenvalue weighted by atomic mass is 16.5. The second-order valence-corrected chi connectivity index (χ2v) is 6.45. The first kappa shape index (κ1) is 16.4. The molecule has 1 aliphatic rings. The highest BCUT2D eigenvalue weighted by molar-refractivity contribution is 5.79. The Balaban J connectivity index is 1.41. The van der Waals surface area contributed by atoms with Crippen LogP contribution in [0.15, 0.2) is 63.8 Å². The highest BCUT2D eigenvalue weighted by Gasteiger charge is 2.21. The number of hydrogen-bond acceptors (Lipinski definition) is 4. The number of carbonyl (C=O) groups is 1. The van der Waals surface area contributed by atoms with Gasteiger partial charge in [0.2, 0.25) is 0 Å². The second-order valence-electron chi connectivity index (χ2n) is 6.45. The third kappa shape index (κ3) is 3.47. The van der Waals surface area contributed by atoms with Gasteiger partial charge in [0.25, 0.3) is 5.91 Å². The maximum atomic E-state index is 12.3. The molecule has 0 bridgehead atoms. The minimum absolute atomic E-state index is 0.0330. The molecule has 26 heavy (non-hydrogen) atoms. The number of aryl methyl sites for hydroxylation is 1. The first-order chi connectivity index (χ1) is 12.7. The van der Waals surface area contributed by atoms with E-state index in [1.54, 1.807) is 24.3 Å². The normalized spacial score (nSPS) is 16.1. The van der Waals surface area contributed by atoms with E-state index in [1.807, 2.05) is 12.1 Å². The van der Waals surface area contributed by atoms with Crippen molar-refractivity contribution in [2.24, 2.45) is 0 Å². The van der Waals surface area contributed by atoms with Crippen LogP contribution in [0.5, 0.6) is 5.75 Å². The van der Waals surface area contributed by atoms with Crippen molar-refractivity contribution in [3.05, 3.63) is 76.1 Å². The number of ether oxygens (including phenoxy) is 1. The smallest absolute Gasteiger partial charge is 0.336 e. The average molecular weight is 349 g/mol. The van der Waals surface area contributed by atoms with E-state index < -0.39 is 5.63 Å². The molecular formula is C21H19NO4. The molecule has 0 saturated heterocycles. The van der Waals surface area contributed by atoms with Gasteiger partial charge in [0, 0.05) is 17.5 Å². The van der Waals surface area contributed by atoms with Crippen LogP contribution in [0, 0.1) is 0 Å². The van der Waals surface area contributed by atoms with Gasteiger partial charge in [0.15, 0.2) is 6.61 Å². The topological polar surface area (TPSA) is 68.5 Å². The highest BCUT2D eigenvalue weighted by Crippen LogP contribution is 2.29. The maximum Gasteiger partial charge on any atom is 0.336 e. The molecule has 1 heterocycles. The molecule has 132 valence electrons. The molecule has 0 fully saturated rings. The molecule has 1 aromatic heterocycles. The van der Waals surface area contributed by atoms with Gasteiger partial charge in [-0.15, -0.1) is 0 Å². The number of amides is 1. The van der Waals surface area contributed by atoms with Crippen LogP contribution in [-0.2, 0) is 11.2 Å². The lowest BCUT2D eigenvalue weighted by Gasteiger charge is -2.26. The molecule has 0 unspecified atom stereocenters. The lowest BCUT2D eigenvalue weighted by Crippen LogP contribution is -2.34. The molecule has 0 radical (unpaired) electrons. The Morgan fingerprint density at radius 2 is 2.00 bits per heavy atom. The van der Waals surface area contributed by atoms with Crippen molar-refractivity contribution in [2.75, 3.05) is 6.61 Å². The van der Waals surface area contributed by atoms with Gasteiger partial charge in [0.05, 0.1) is 6.04 Å². The first-order valence-electron chi connectivity index (χ1n) is 8.73. The van der Waals surface area contributed by atoms with Crippen LogP contribution in [0.25, 0.3) is 11.0 Å². The number of benzene rings is 2. The van der Waals surface area contributed by atoms with E-state index in [4.69, 9.17) is 9.15 Å². The van der Waals surface area contributed by atoms with Crippen molar-refractivity contribution >= 4 is 16.9 Å². The van der Waals surface area contributed by atoms with E-state index in [1.165, 1.54) is 17.2 Å². The Morgan fingerprint density at radius 3 is 2.92 bits per heavy atom. The molecule has 1 N–H and O–H groups in total. The summed E-state index contributed by atoms with van der Waals surface area (Å²) in [5.41, 5.74) is 2.52. The fourth-order valence-electron chi connectivity index (χ4n) is 3.42. The second kappa shape index (κ2) is 7.04. The monoisotopic (exact) mass is 349 g/mol. The van der Waals surface area contributed by atoms with Crippen molar-refractivity contribution in [2.45, 2.75) is 25.3 Å². The Labute approximate surface area is 150 Å². The van der Waals surface area contributed by atoms with Gasteiger partial charge in [-0.05, 0) is 48.6 Å². The third-order valence-corrected chi connectivity index (χ3v) is 4.67. The van der Waals surface area contributed by atoms with E-state index in [9.17, 15) is 9.59 Å². The number of fused-ring (bicyclic) bond motifs is 2. The van der Waals surface area contributed by atoms with Crippen molar-refractivity contribution in [1.29, 1.82) is 0 Å². The summed E-state index contributed by atoms with van der Waals surface area (Å²) in [6, 6.07) is 16.5. The average Bonchev–Trinajstić information content (AvgIpc) is 2.66. The van der Waals surface area contributed by atoms with Crippen molar-refractivity contribution in [3.63, 3.8) is 0 Å². The molecule has 0 spiro atoms. The van der Waals surface area contributed by atoms with Gasteiger partial charge in [0.1, 0.15) is 11.3 Å². The minimum Gasteiger partial charge on any atom is -0.484 e. The summed E-state index contributed by atoms with van der Waals surface area (Å²) >= 11 is 0. The van der Waals surface area contributed by atoms with Gasteiger partial charge in [-0.1, -0.05) is 24.3 Å². The van der Waals surface area contributed by atoms with Crippen LogP contribution < -0.4 is 15.7 Å². The quantitative estimate of drug-likeness (QED) is 0.733. The van der Waals surface area contributed by atoms with Crippen LogP contribution in [0.3, 0.4) is 0 Å². The largest absolute Gasteiger partial charge is 0.484 e. The molecule has 2 aromatic carbocycles. The lowest BCUT2D eigenvalue weighted by atomic mass is 9.88. The standard InChI is InChI=1S/C21H19NO4/c23-20(22-18-7-3-5-14-4-1-2-6-17(14)18)13-25-16-10-8-15-9-11-21(24)26-19(15)12-16/h1-2,4,6,8-12,18H,3,5,7,13H2,(H,22,23)/t18-/m1/s1. The maximum absolute atomic E-state index is 12.3. The number of hydrogen-bond donors (Lipinski definition) is 1. The van der Waals surface area contributed by atoms with Crippen LogP contribution in [-0.4, -0.2) is 12.5 Å². The molecule has 3 aromatic rings. The fraction of sp³-hybridized carbons (Fsp3) is 0.238. The number of rotatable bonds is 4. The Kier molecular flexibility index (Phi) is 4.44. The zero-order valence-corrected chi connectivity index (χ0v) is 14.2. The van der Waals surface area contributed by atoms with Gasteiger partial charge < -0.3 is 14.5 Å². The Bertz CT molecular complexity index is 1010. The predicted molar refractivity (Wildman–Crippen MR) is 98.2 cm³/mol. The van der Waals surface area contributed by atoms with E-state index in [0.29, 0.717) is 11.3 Å². The number of carbonyl (C=O) groups excluding carboxylic acids is 1. The van der Waals surface area contributed by atoms with Crippen LogP contribution in [0.1, 0.15) is 30.0 Å². The van der Waals surface area contributed by atoms with E-state index in [-0.39, 0.29) is 18.6 Å². The van der Waals surface area contributed by atoms with E-state index >= 15 is 0 Å².